The predicted molar refractivity (Wildman–Crippen MR) is 105 cm³/mol. The van der Waals surface area contributed by atoms with Crippen LogP contribution in [0.4, 0.5) is 0 Å². The van der Waals surface area contributed by atoms with Crippen molar-refractivity contribution in [3.8, 4) is 5.75 Å². The average Bonchev–Trinajstić information content (AvgIpc) is 2.64. The van der Waals surface area contributed by atoms with Gasteiger partial charge in [-0.2, -0.15) is 0 Å². The van der Waals surface area contributed by atoms with Gasteiger partial charge in [-0.15, -0.1) is 0 Å². The Morgan fingerprint density at radius 2 is 2.16 bits per heavy atom. The van der Waals surface area contributed by atoms with Crippen molar-refractivity contribution in [3.05, 3.63) is 28.2 Å². The number of nitrogens with two attached hydrogens (primary N) is 1. The van der Waals surface area contributed by atoms with Crippen molar-refractivity contribution in [1.82, 2.24) is 10.2 Å². The molecule has 1 aliphatic heterocycles. The monoisotopic (exact) mass is 412 g/mol. The number of morpholine rings is 1. The lowest BCUT2D eigenvalue weighted by Crippen LogP contribution is -2.39. The molecule has 25 heavy (non-hydrogen) atoms. The third kappa shape index (κ3) is 7.63. The molecule has 0 saturated carbocycles. The summed E-state index contributed by atoms with van der Waals surface area (Å²) in [7, 11) is 1.70. The minimum absolute atomic E-state index is 0.532. The van der Waals surface area contributed by atoms with Crippen molar-refractivity contribution in [2.45, 2.75) is 19.3 Å². The van der Waals surface area contributed by atoms with Crippen LogP contribution >= 0.6 is 15.9 Å². The van der Waals surface area contributed by atoms with Gasteiger partial charge in [0.1, 0.15) is 5.75 Å². The summed E-state index contributed by atoms with van der Waals surface area (Å²) in [5.74, 6) is 1.44. The minimum atomic E-state index is 0.532. The van der Waals surface area contributed by atoms with Crippen LogP contribution in [0.3, 0.4) is 0 Å². The molecule has 3 N–H and O–H groups in total. The number of nitrogens with zero attached hydrogens (tertiary/aromatic N) is 2. The van der Waals surface area contributed by atoms with E-state index in [1.165, 1.54) is 5.56 Å². The fourth-order valence-electron chi connectivity index (χ4n) is 2.79. The van der Waals surface area contributed by atoms with Crippen LogP contribution in [0.25, 0.3) is 0 Å². The second-order valence-corrected chi connectivity index (χ2v) is 6.98. The van der Waals surface area contributed by atoms with Crippen molar-refractivity contribution in [3.63, 3.8) is 0 Å². The van der Waals surface area contributed by atoms with E-state index in [4.69, 9.17) is 15.2 Å². The molecule has 6 nitrogen and oxygen atoms in total. The number of guanidine groups is 1. The molecular weight excluding hydrogens is 384 g/mol. The van der Waals surface area contributed by atoms with Crippen LogP contribution in [0.5, 0.6) is 5.75 Å². The van der Waals surface area contributed by atoms with Crippen LogP contribution in [0, 0.1) is 0 Å². The Bertz CT molecular complexity index is 548. The molecule has 1 saturated heterocycles. The van der Waals surface area contributed by atoms with Gasteiger partial charge in [-0.3, -0.25) is 9.89 Å². The van der Waals surface area contributed by atoms with Gasteiger partial charge < -0.3 is 20.5 Å². The summed E-state index contributed by atoms with van der Waals surface area (Å²) in [4.78, 5) is 6.82. The molecule has 0 bridgehead atoms. The van der Waals surface area contributed by atoms with Crippen LogP contribution < -0.4 is 15.8 Å². The minimum Gasteiger partial charge on any atom is -0.496 e. The number of methoxy groups -OCH3 is 1. The van der Waals surface area contributed by atoms with Gasteiger partial charge in [0.15, 0.2) is 5.96 Å². The van der Waals surface area contributed by atoms with E-state index in [1.807, 2.05) is 12.1 Å². The van der Waals surface area contributed by atoms with Crippen molar-refractivity contribution in [2.75, 3.05) is 53.0 Å². The SMILES string of the molecule is COc1cc(Br)ccc1CCCN=C(N)NCCCN1CCOCC1. The van der Waals surface area contributed by atoms with E-state index >= 15 is 0 Å². The molecule has 1 fully saturated rings. The highest BCUT2D eigenvalue weighted by atomic mass is 79.9. The Kier molecular flexibility index (Phi) is 9.07. The fraction of sp³-hybridized carbons (Fsp3) is 0.611. The molecule has 1 heterocycles. The Balaban J connectivity index is 1.59. The first-order valence-corrected chi connectivity index (χ1v) is 9.64. The highest BCUT2D eigenvalue weighted by Gasteiger charge is 2.09. The zero-order valence-electron chi connectivity index (χ0n) is 15.0. The third-order valence-corrected chi connectivity index (χ3v) is 4.69. The lowest BCUT2D eigenvalue weighted by molar-refractivity contribution is 0.0376. The number of ether oxygens (including phenoxy) is 2. The van der Waals surface area contributed by atoms with Gasteiger partial charge in [-0.05, 0) is 43.5 Å². The van der Waals surface area contributed by atoms with Crippen LogP contribution in [-0.4, -0.2) is 63.9 Å². The van der Waals surface area contributed by atoms with E-state index in [9.17, 15) is 0 Å². The van der Waals surface area contributed by atoms with E-state index in [0.29, 0.717) is 12.5 Å². The molecule has 140 valence electrons. The van der Waals surface area contributed by atoms with Gasteiger partial charge in [-0.1, -0.05) is 22.0 Å². The Hall–Kier alpha value is -1.31. The molecule has 0 aromatic heterocycles. The van der Waals surface area contributed by atoms with E-state index in [1.54, 1.807) is 7.11 Å². The second-order valence-electron chi connectivity index (χ2n) is 6.06. The Morgan fingerprint density at radius 3 is 2.92 bits per heavy atom. The Morgan fingerprint density at radius 1 is 1.36 bits per heavy atom. The molecule has 0 aliphatic carbocycles. The molecule has 1 aromatic carbocycles. The van der Waals surface area contributed by atoms with E-state index in [2.05, 4.69) is 37.2 Å². The molecule has 1 aromatic rings. The van der Waals surface area contributed by atoms with Gasteiger partial charge in [0, 0.05) is 30.7 Å². The normalized spacial score (nSPS) is 16.0. The Labute approximate surface area is 158 Å². The summed E-state index contributed by atoms with van der Waals surface area (Å²) in [5.41, 5.74) is 7.12. The molecule has 0 spiro atoms. The van der Waals surface area contributed by atoms with Crippen LogP contribution in [0.2, 0.25) is 0 Å². The van der Waals surface area contributed by atoms with Gasteiger partial charge in [0.05, 0.1) is 20.3 Å². The third-order valence-electron chi connectivity index (χ3n) is 4.20. The first-order valence-electron chi connectivity index (χ1n) is 8.85. The van der Waals surface area contributed by atoms with Gasteiger partial charge in [0.25, 0.3) is 0 Å². The lowest BCUT2D eigenvalue weighted by atomic mass is 10.1. The number of nitrogens with one attached hydrogen (secondary N) is 1. The molecule has 0 radical (unpaired) electrons. The van der Waals surface area contributed by atoms with Gasteiger partial charge in [0.2, 0.25) is 0 Å². The second kappa shape index (κ2) is 11.3. The molecule has 0 atom stereocenters. The first kappa shape index (κ1) is 20.0. The first-order chi connectivity index (χ1) is 12.2. The molecule has 0 unspecified atom stereocenters. The zero-order valence-corrected chi connectivity index (χ0v) is 16.6. The standard InChI is InChI=1S/C18H29BrN4O2/c1-24-17-14-16(19)6-5-15(17)4-2-7-21-18(20)22-8-3-9-23-10-12-25-13-11-23/h5-6,14H,2-4,7-13H2,1H3,(H3,20,21,22). The van der Waals surface area contributed by atoms with Gasteiger partial charge in [-0.25, -0.2) is 0 Å². The van der Waals surface area contributed by atoms with Crippen molar-refractivity contribution in [1.29, 1.82) is 0 Å². The van der Waals surface area contributed by atoms with Crippen molar-refractivity contribution < 1.29 is 9.47 Å². The zero-order chi connectivity index (χ0) is 17.9. The number of rotatable bonds is 9. The average molecular weight is 413 g/mol. The van der Waals surface area contributed by atoms with E-state index < -0.39 is 0 Å². The summed E-state index contributed by atoms with van der Waals surface area (Å²) < 4.78 is 11.8. The number of benzene rings is 1. The molecule has 0 amide bonds. The van der Waals surface area contributed by atoms with Crippen molar-refractivity contribution >= 4 is 21.9 Å². The summed E-state index contributed by atoms with van der Waals surface area (Å²) in [6.45, 7) is 6.40. The van der Waals surface area contributed by atoms with Crippen LogP contribution in [-0.2, 0) is 11.2 Å². The number of hydrogen-bond acceptors (Lipinski definition) is 4. The largest absolute Gasteiger partial charge is 0.496 e. The molecule has 1 aliphatic rings. The number of aliphatic imine (C=N–C) groups is 1. The van der Waals surface area contributed by atoms with E-state index in [-0.39, 0.29) is 0 Å². The predicted octanol–water partition coefficient (Wildman–Crippen LogP) is 2.02. The summed E-state index contributed by atoms with van der Waals surface area (Å²) in [6.07, 6.45) is 2.92. The molecular formula is C18H29BrN4O2. The fourth-order valence-corrected chi connectivity index (χ4v) is 3.13. The highest BCUT2D eigenvalue weighted by molar-refractivity contribution is 9.10. The highest BCUT2D eigenvalue weighted by Crippen LogP contribution is 2.24. The molecule has 7 heteroatoms. The summed E-state index contributed by atoms with van der Waals surface area (Å²) in [5, 5.41) is 3.19. The van der Waals surface area contributed by atoms with Crippen LogP contribution in [0.15, 0.2) is 27.7 Å². The smallest absolute Gasteiger partial charge is 0.188 e. The maximum Gasteiger partial charge on any atom is 0.188 e. The summed E-state index contributed by atoms with van der Waals surface area (Å²) >= 11 is 3.46. The molecule has 2 rings (SSSR count). The number of aryl methyl sites for hydroxylation is 1. The number of hydrogen-bond donors (Lipinski definition) is 2. The lowest BCUT2D eigenvalue weighted by Gasteiger charge is -2.26. The summed E-state index contributed by atoms with van der Waals surface area (Å²) in [6, 6.07) is 6.11. The van der Waals surface area contributed by atoms with Gasteiger partial charge >= 0.3 is 0 Å². The maximum absolute atomic E-state index is 5.92. The van der Waals surface area contributed by atoms with E-state index in [0.717, 1.165) is 68.9 Å². The maximum atomic E-state index is 5.92. The van der Waals surface area contributed by atoms with Crippen molar-refractivity contribution in [2.24, 2.45) is 10.7 Å². The quantitative estimate of drug-likeness (QED) is 0.368. The topological polar surface area (TPSA) is 72.1 Å². The van der Waals surface area contributed by atoms with Crippen LogP contribution in [0.1, 0.15) is 18.4 Å². The number of halogens is 1.